The molecule has 0 aliphatic carbocycles. The zero-order valence-electron chi connectivity index (χ0n) is 20.5. The van der Waals surface area contributed by atoms with Crippen LogP contribution in [0.3, 0.4) is 0 Å². The van der Waals surface area contributed by atoms with Gasteiger partial charge in [0.25, 0.3) is 0 Å². The van der Waals surface area contributed by atoms with Crippen molar-refractivity contribution in [2.45, 2.75) is 79.1 Å². The Kier molecular flexibility index (Phi) is 9.36. The van der Waals surface area contributed by atoms with Crippen LogP contribution >= 0.6 is 0 Å². The van der Waals surface area contributed by atoms with Crippen LogP contribution in [0.1, 0.15) is 53.5 Å². The lowest BCUT2D eigenvalue weighted by atomic mass is 9.97. The van der Waals surface area contributed by atoms with Crippen LogP contribution in [-0.4, -0.2) is 83.0 Å². The zero-order valence-corrected chi connectivity index (χ0v) is 20.5. The van der Waals surface area contributed by atoms with Crippen molar-refractivity contribution >= 4 is 29.7 Å². The second kappa shape index (κ2) is 11.8. The Morgan fingerprint density at radius 2 is 1.41 bits per heavy atom. The number of aromatic nitrogens is 3. The van der Waals surface area contributed by atoms with Crippen molar-refractivity contribution in [3.05, 3.63) is 5.69 Å². The fraction of sp³-hybridized carbons (Fsp3) is 0.714. The highest BCUT2D eigenvalue weighted by molar-refractivity contribution is 5.68. The summed E-state index contributed by atoms with van der Waals surface area (Å²) in [5.74, 6) is -2.07. The first-order valence-corrected chi connectivity index (χ1v) is 11.0. The first-order valence-electron chi connectivity index (χ1n) is 11.0. The van der Waals surface area contributed by atoms with E-state index in [1.165, 1.54) is 32.4 Å². The van der Waals surface area contributed by atoms with Gasteiger partial charge in [-0.3, -0.25) is 19.2 Å². The van der Waals surface area contributed by atoms with Crippen molar-refractivity contribution < 1.29 is 42.9 Å². The number of esters is 4. The third-order valence-corrected chi connectivity index (χ3v) is 5.10. The molecule has 13 nitrogen and oxygen atoms in total. The lowest BCUT2D eigenvalue weighted by Crippen LogP contribution is -2.60. The summed E-state index contributed by atoms with van der Waals surface area (Å²) in [5.41, 5.74) is 0.594. The molecule has 2 heterocycles. The average Bonchev–Trinajstić information content (AvgIpc) is 3.11. The van der Waals surface area contributed by atoms with Crippen molar-refractivity contribution in [1.82, 2.24) is 15.0 Å². The van der Waals surface area contributed by atoms with E-state index in [2.05, 4.69) is 10.3 Å². The van der Waals surface area contributed by atoms with E-state index in [1.54, 1.807) is 6.92 Å². The van der Waals surface area contributed by atoms with E-state index >= 15 is 0 Å². The Morgan fingerprint density at radius 3 is 1.91 bits per heavy atom. The minimum Gasteiger partial charge on any atom is -0.463 e. The van der Waals surface area contributed by atoms with E-state index < -0.39 is 54.5 Å². The van der Waals surface area contributed by atoms with Gasteiger partial charge in [-0.2, -0.15) is 4.68 Å². The molecule has 34 heavy (non-hydrogen) atoms. The molecule has 0 amide bonds. The molecule has 2 rings (SSSR count). The fourth-order valence-electron chi connectivity index (χ4n) is 3.84. The van der Waals surface area contributed by atoms with E-state index in [-0.39, 0.29) is 6.61 Å². The van der Waals surface area contributed by atoms with Crippen LogP contribution in [0.4, 0.5) is 5.82 Å². The Bertz CT molecular complexity index is 899. The third-order valence-electron chi connectivity index (χ3n) is 5.10. The lowest BCUT2D eigenvalue weighted by molar-refractivity contribution is -0.270. The second-order valence-electron chi connectivity index (χ2n) is 7.71. The molecule has 0 aromatic carbocycles. The highest BCUT2D eigenvalue weighted by Crippen LogP contribution is 2.37. The number of nitrogens with zero attached hydrogens (tertiary/aromatic N) is 4. The largest absolute Gasteiger partial charge is 0.463 e. The number of aryl methyl sites for hydroxylation is 1. The lowest BCUT2D eigenvalue weighted by Gasteiger charge is -2.44. The predicted octanol–water partition coefficient (Wildman–Crippen LogP) is 0.688. The van der Waals surface area contributed by atoms with Crippen molar-refractivity contribution in [3.63, 3.8) is 0 Å². The van der Waals surface area contributed by atoms with Crippen LogP contribution in [0.5, 0.6) is 0 Å². The van der Waals surface area contributed by atoms with Gasteiger partial charge in [0, 0.05) is 40.8 Å². The number of ether oxygens (including phenoxy) is 5. The molecule has 1 aromatic rings. The van der Waals surface area contributed by atoms with Crippen LogP contribution in [0, 0.1) is 6.92 Å². The summed E-state index contributed by atoms with van der Waals surface area (Å²) in [6.07, 6.45) is -5.98. The monoisotopic (exact) mass is 484 g/mol. The number of hydrogen-bond donors (Lipinski definition) is 0. The van der Waals surface area contributed by atoms with Gasteiger partial charge in [0.2, 0.25) is 0 Å². The van der Waals surface area contributed by atoms with Crippen molar-refractivity contribution in [3.8, 4) is 0 Å². The molecule has 1 saturated heterocycles. The molecule has 190 valence electrons. The minimum absolute atomic E-state index is 0.317. The number of rotatable bonds is 9. The molecule has 5 atom stereocenters. The highest BCUT2D eigenvalue weighted by Gasteiger charge is 2.53. The fourth-order valence-corrected chi connectivity index (χ4v) is 3.84. The van der Waals surface area contributed by atoms with Crippen molar-refractivity contribution in [2.75, 3.05) is 24.6 Å². The van der Waals surface area contributed by atoms with E-state index in [4.69, 9.17) is 23.7 Å². The van der Waals surface area contributed by atoms with Crippen molar-refractivity contribution in [2.24, 2.45) is 0 Å². The van der Waals surface area contributed by atoms with Gasteiger partial charge in [0.15, 0.2) is 30.4 Å². The molecule has 0 spiro atoms. The molecule has 13 heteroatoms. The SMILES string of the molecule is CCN(CC)c1c(C)nnn1[C@@H]1O[C@@H](COC(C)=O)[C@@H](OC(C)=O)[C@@H](OC(C)=O)[C@@H]1OC(C)=O. The quantitative estimate of drug-likeness (QED) is 0.358. The Balaban J connectivity index is 2.65. The van der Waals surface area contributed by atoms with E-state index in [9.17, 15) is 19.2 Å². The molecular formula is C21H32N4O9. The average molecular weight is 485 g/mol. The first-order chi connectivity index (χ1) is 16.0. The van der Waals surface area contributed by atoms with E-state index in [0.717, 1.165) is 0 Å². The summed E-state index contributed by atoms with van der Waals surface area (Å²) in [7, 11) is 0. The van der Waals surface area contributed by atoms with Crippen LogP contribution in [0.15, 0.2) is 0 Å². The van der Waals surface area contributed by atoms with Crippen LogP contribution in [0.25, 0.3) is 0 Å². The second-order valence-corrected chi connectivity index (χ2v) is 7.71. The van der Waals surface area contributed by atoms with E-state index in [1.807, 2.05) is 18.7 Å². The van der Waals surface area contributed by atoms with Gasteiger partial charge in [-0.15, -0.1) is 5.10 Å². The minimum atomic E-state index is -1.28. The molecule has 1 aliphatic rings. The Labute approximate surface area is 197 Å². The molecular weight excluding hydrogens is 452 g/mol. The summed E-state index contributed by atoms with van der Waals surface area (Å²) in [6.45, 7) is 11.3. The molecule has 0 bridgehead atoms. The summed E-state index contributed by atoms with van der Waals surface area (Å²) in [6, 6.07) is 0. The van der Waals surface area contributed by atoms with Gasteiger partial charge >= 0.3 is 23.9 Å². The topological polar surface area (TPSA) is 148 Å². The Hall–Kier alpha value is -3.22. The van der Waals surface area contributed by atoms with Gasteiger partial charge in [-0.05, 0) is 20.8 Å². The van der Waals surface area contributed by atoms with Crippen LogP contribution in [0.2, 0.25) is 0 Å². The number of anilines is 1. The van der Waals surface area contributed by atoms with E-state index in [0.29, 0.717) is 24.6 Å². The zero-order chi connectivity index (χ0) is 25.6. The maximum Gasteiger partial charge on any atom is 0.303 e. The van der Waals surface area contributed by atoms with Gasteiger partial charge in [-0.25, -0.2) is 0 Å². The molecule has 1 aromatic heterocycles. The molecule has 0 radical (unpaired) electrons. The van der Waals surface area contributed by atoms with Gasteiger partial charge < -0.3 is 28.6 Å². The third kappa shape index (κ3) is 6.43. The standard InChI is InChI=1S/C21H32N4O9/c1-8-24(9-2)20-11(3)22-23-25(20)21-19(33-15(7)29)18(32-14(6)28)17(31-13(5)27)16(34-21)10-30-12(4)26/h16-19,21H,8-10H2,1-7H3/t16-,17+,18+,19-,21+/m0/s1. The first kappa shape index (κ1) is 27.0. The van der Waals surface area contributed by atoms with Gasteiger partial charge in [0.05, 0.1) is 0 Å². The highest BCUT2D eigenvalue weighted by atomic mass is 16.7. The predicted molar refractivity (Wildman–Crippen MR) is 116 cm³/mol. The molecule has 0 unspecified atom stereocenters. The summed E-state index contributed by atoms with van der Waals surface area (Å²) in [5, 5.41) is 8.34. The molecule has 0 N–H and O–H groups in total. The number of carbonyl (C=O) groups excluding carboxylic acids is 4. The van der Waals surface area contributed by atoms with Crippen molar-refractivity contribution in [1.29, 1.82) is 0 Å². The van der Waals surface area contributed by atoms with Crippen LogP contribution in [-0.2, 0) is 42.9 Å². The van der Waals surface area contributed by atoms with Gasteiger partial charge in [0.1, 0.15) is 18.4 Å². The molecule has 1 fully saturated rings. The van der Waals surface area contributed by atoms with Crippen LogP contribution < -0.4 is 4.90 Å². The molecule has 1 aliphatic heterocycles. The normalized spacial score (nSPS) is 24.1. The summed E-state index contributed by atoms with van der Waals surface area (Å²) >= 11 is 0. The smallest absolute Gasteiger partial charge is 0.303 e. The number of hydrogen-bond acceptors (Lipinski definition) is 12. The van der Waals surface area contributed by atoms with Gasteiger partial charge in [-0.1, -0.05) is 5.21 Å². The molecule has 0 saturated carbocycles. The maximum atomic E-state index is 12.0. The maximum absolute atomic E-state index is 12.0. The Morgan fingerprint density at radius 1 is 0.882 bits per heavy atom. The summed E-state index contributed by atoms with van der Waals surface area (Å²) < 4.78 is 29.1. The number of carbonyl (C=O) groups is 4. The summed E-state index contributed by atoms with van der Waals surface area (Å²) in [4.78, 5) is 49.3.